The summed E-state index contributed by atoms with van der Waals surface area (Å²) in [5.41, 5.74) is -1.03. The van der Waals surface area contributed by atoms with E-state index in [1.807, 2.05) is 0 Å². The molecule has 0 aromatic rings. The molecule has 0 amide bonds. The zero-order valence-electron chi connectivity index (χ0n) is 9.25. The fourth-order valence-electron chi connectivity index (χ4n) is 1.52. The van der Waals surface area contributed by atoms with Crippen molar-refractivity contribution in [3.05, 3.63) is 0 Å². The van der Waals surface area contributed by atoms with Crippen molar-refractivity contribution in [1.29, 1.82) is 0 Å². The van der Waals surface area contributed by atoms with Gasteiger partial charge in [-0.05, 0) is 13.3 Å². The lowest BCUT2D eigenvalue weighted by atomic mass is 9.94. The number of rotatable bonds is 8. The summed E-state index contributed by atoms with van der Waals surface area (Å²) in [6.07, 6.45) is 6.04. The number of carboxylic acid groups (broad SMARTS) is 1. The Balaban J connectivity index is 3.50. The van der Waals surface area contributed by atoms with Crippen LogP contribution in [0.25, 0.3) is 0 Å². The maximum absolute atomic E-state index is 10.4. The van der Waals surface area contributed by atoms with Gasteiger partial charge in [0.25, 0.3) is 0 Å². The molecule has 0 fully saturated rings. The second-order valence-electron chi connectivity index (χ2n) is 4.23. The topological polar surface area (TPSA) is 57.5 Å². The number of carbonyl (C=O) groups is 1. The predicted molar refractivity (Wildman–Crippen MR) is 56.3 cm³/mol. The number of hydrogen-bond donors (Lipinski definition) is 2. The maximum Gasteiger partial charge on any atom is 0.306 e. The highest BCUT2D eigenvalue weighted by Crippen LogP contribution is 2.18. The Morgan fingerprint density at radius 3 is 2.29 bits per heavy atom. The Kier molecular flexibility index (Phi) is 6.54. The minimum absolute atomic E-state index is 0.152. The molecule has 0 aliphatic heterocycles. The summed E-state index contributed by atoms with van der Waals surface area (Å²) in [5.74, 6) is -0.927. The number of aliphatic carboxylic acids is 1. The van der Waals surface area contributed by atoms with Crippen LogP contribution < -0.4 is 0 Å². The fourth-order valence-corrected chi connectivity index (χ4v) is 1.52. The average Bonchev–Trinajstić information content (AvgIpc) is 2.01. The molecule has 0 saturated heterocycles. The molecule has 1 unspecified atom stereocenters. The van der Waals surface area contributed by atoms with E-state index in [0.29, 0.717) is 6.42 Å². The van der Waals surface area contributed by atoms with E-state index >= 15 is 0 Å². The van der Waals surface area contributed by atoms with Crippen LogP contribution in [0.3, 0.4) is 0 Å². The van der Waals surface area contributed by atoms with E-state index in [2.05, 4.69) is 6.92 Å². The van der Waals surface area contributed by atoms with E-state index in [-0.39, 0.29) is 6.42 Å². The zero-order valence-corrected chi connectivity index (χ0v) is 9.25. The van der Waals surface area contributed by atoms with Crippen molar-refractivity contribution in [3.63, 3.8) is 0 Å². The van der Waals surface area contributed by atoms with Gasteiger partial charge in [-0.15, -0.1) is 0 Å². The van der Waals surface area contributed by atoms with Crippen molar-refractivity contribution < 1.29 is 15.0 Å². The van der Waals surface area contributed by atoms with Gasteiger partial charge in [-0.1, -0.05) is 39.0 Å². The van der Waals surface area contributed by atoms with Gasteiger partial charge >= 0.3 is 5.97 Å². The lowest BCUT2D eigenvalue weighted by Gasteiger charge is -2.20. The van der Waals surface area contributed by atoms with Crippen LogP contribution >= 0.6 is 0 Å². The molecule has 3 nitrogen and oxygen atoms in total. The molecule has 0 spiro atoms. The average molecular weight is 202 g/mol. The van der Waals surface area contributed by atoms with Crippen LogP contribution in [0.1, 0.15) is 58.8 Å². The fraction of sp³-hybridized carbons (Fsp3) is 0.909. The molecule has 0 aromatic carbocycles. The monoisotopic (exact) mass is 202 g/mol. The predicted octanol–water partition coefficient (Wildman–Crippen LogP) is 2.57. The van der Waals surface area contributed by atoms with Gasteiger partial charge in [0, 0.05) is 0 Å². The van der Waals surface area contributed by atoms with Crippen molar-refractivity contribution in [3.8, 4) is 0 Å². The normalized spacial score (nSPS) is 15.1. The molecule has 0 aliphatic rings. The molecule has 0 heterocycles. The Morgan fingerprint density at radius 2 is 1.79 bits per heavy atom. The quantitative estimate of drug-likeness (QED) is 0.595. The largest absolute Gasteiger partial charge is 0.481 e. The molecule has 0 aliphatic carbocycles. The molecule has 0 radical (unpaired) electrons. The van der Waals surface area contributed by atoms with Crippen LogP contribution in [0.15, 0.2) is 0 Å². The lowest BCUT2D eigenvalue weighted by molar-refractivity contribution is -0.142. The van der Waals surface area contributed by atoms with Gasteiger partial charge in [-0.3, -0.25) is 4.79 Å². The molecule has 0 saturated carbocycles. The highest BCUT2D eigenvalue weighted by Gasteiger charge is 2.23. The first kappa shape index (κ1) is 13.4. The molecule has 2 N–H and O–H groups in total. The summed E-state index contributed by atoms with van der Waals surface area (Å²) in [6.45, 7) is 3.75. The van der Waals surface area contributed by atoms with Gasteiger partial charge in [0.05, 0.1) is 12.0 Å². The first-order valence-electron chi connectivity index (χ1n) is 5.42. The van der Waals surface area contributed by atoms with Crippen molar-refractivity contribution in [2.45, 2.75) is 64.4 Å². The van der Waals surface area contributed by atoms with E-state index in [4.69, 9.17) is 5.11 Å². The summed E-state index contributed by atoms with van der Waals surface area (Å²) in [6, 6.07) is 0. The summed E-state index contributed by atoms with van der Waals surface area (Å²) in [5, 5.41) is 18.2. The molecule has 0 aromatic heterocycles. The number of carboxylic acids is 1. The van der Waals surface area contributed by atoms with Gasteiger partial charge in [-0.2, -0.15) is 0 Å². The van der Waals surface area contributed by atoms with Crippen LogP contribution in [0.5, 0.6) is 0 Å². The van der Waals surface area contributed by atoms with Crippen molar-refractivity contribution in [2.24, 2.45) is 0 Å². The van der Waals surface area contributed by atoms with Crippen LogP contribution in [-0.2, 0) is 4.79 Å². The van der Waals surface area contributed by atoms with Crippen LogP contribution in [0.4, 0.5) is 0 Å². The Bertz CT molecular complexity index is 164. The zero-order chi connectivity index (χ0) is 11.0. The third-order valence-corrected chi connectivity index (χ3v) is 2.35. The Hall–Kier alpha value is -0.570. The highest BCUT2D eigenvalue weighted by molar-refractivity contribution is 5.67. The second kappa shape index (κ2) is 6.82. The van der Waals surface area contributed by atoms with Crippen LogP contribution in [0, 0.1) is 0 Å². The van der Waals surface area contributed by atoms with Gasteiger partial charge in [-0.25, -0.2) is 0 Å². The molecule has 14 heavy (non-hydrogen) atoms. The Morgan fingerprint density at radius 1 is 1.21 bits per heavy atom. The van der Waals surface area contributed by atoms with Gasteiger partial charge in [0.2, 0.25) is 0 Å². The van der Waals surface area contributed by atoms with Crippen LogP contribution in [-0.4, -0.2) is 21.8 Å². The smallest absolute Gasteiger partial charge is 0.306 e. The van der Waals surface area contributed by atoms with Crippen molar-refractivity contribution in [1.82, 2.24) is 0 Å². The van der Waals surface area contributed by atoms with E-state index < -0.39 is 11.6 Å². The van der Waals surface area contributed by atoms with E-state index in [1.165, 1.54) is 19.3 Å². The van der Waals surface area contributed by atoms with Gasteiger partial charge in [0.15, 0.2) is 0 Å². The Labute approximate surface area is 86.1 Å². The summed E-state index contributed by atoms with van der Waals surface area (Å²) in [4.78, 5) is 10.4. The summed E-state index contributed by atoms with van der Waals surface area (Å²) in [7, 11) is 0. The van der Waals surface area contributed by atoms with Gasteiger partial charge < -0.3 is 10.2 Å². The van der Waals surface area contributed by atoms with Gasteiger partial charge in [0.1, 0.15) is 0 Å². The van der Waals surface area contributed by atoms with E-state index in [0.717, 1.165) is 12.8 Å². The summed E-state index contributed by atoms with van der Waals surface area (Å²) >= 11 is 0. The number of unbranched alkanes of at least 4 members (excludes halogenated alkanes) is 4. The summed E-state index contributed by atoms with van der Waals surface area (Å²) < 4.78 is 0. The molecule has 0 rings (SSSR count). The molecule has 84 valence electrons. The first-order valence-corrected chi connectivity index (χ1v) is 5.42. The molecule has 1 atom stereocenters. The third kappa shape index (κ3) is 8.05. The van der Waals surface area contributed by atoms with E-state index in [1.54, 1.807) is 6.92 Å². The molecular formula is C11H22O3. The number of hydrogen-bond acceptors (Lipinski definition) is 2. The minimum Gasteiger partial charge on any atom is -0.481 e. The van der Waals surface area contributed by atoms with E-state index in [9.17, 15) is 9.90 Å². The second-order valence-corrected chi connectivity index (χ2v) is 4.23. The molecule has 0 bridgehead atoms. The minimum atomic E-state index is -1.03. The van der Waals surface area contributed by atoms with Crippen LogP contribution in [0.2, 0.25) is 0 Å². The van der Waals surface area contributed by atoms with Crippen molar-refractivity contribution in [2.75, 3.05) is 0 Å². The maximum atomic E-state index is 10.4. The highest BCUT2D eigenvalue weighted by atomic mass is 16.4. The van der Waals surface area contributed by atoms with Crippen molar-refractivity contribution >= 4 is 5.97 Å². The number of aliphatic hydroxyl groups is 1. The lowest BCUT2D eigenvalue weighted by Crippen LogP contribution is -2.27. The third-order valence-electron chi connectivity index (χ3n) is 2.35. The first-order chi connectivity index (χ1) is 6.48. The molecule has 3 heteroatoms. The standard InChI is InChI=1S/C11H22O3/c1-3-4-5-6-7-8-11(2,14)9-10(12)13/h14H,3-9H2,1-2H3,(H,12,13). The SMILES string of the molecule is CCCCCCCC(C)(O)CC(=O)O. The molecular weight excluding hydrogens is 180 g/mol.